The Labute approximate surface area is 217 Å². The van der Waals surface area contributed by atoms with Gasteiger partial charge >= 0.3 is 0 Å². The van der Waals surface area contributed by atoms with E-state index in [0.29, 0.717) is 0 Å². The number of nitrogens with zero attached hydrogens (tertiary/aromatic N) is 5. The normalized spacial score (nSPS) is 19.0. The molecule has 2 aliphatic heterocycles. The maximum atomic E-state index is 5.55. The minimum atomic E-state index is 0. The van der Waals surface area contributed by atoms with Crippen molar-refractivity contribution in [3.63, 3.8) is 0 Å². The number of ether oxygens (including phenoxy) is 2. The predicted octanol–water partition coefficient (Wildman–Crippen LogP) is 2.04. The van der Waals surface area contributed by atoms with Crippen LogP contribution in [0.5, 0.6) is 11.5 Å². The Morgan fingerprint density at radius 3 is 2.42 bits per heavy atom. The molecular weight excluding hydrogens is 531 g/mol. The van der Waals surface area contributed by atoms with Gasteiger partial charge in [-0.05, 0) is 57.7 Å². The van der Waals surface area contributed by atoms with Crippen molar-refractivity contribution in [1.29, 1.82) is 0 Å². The molecule has 0 bridgehead atoms. The number of rotatable bonds is 8. The van der Waals surface area contributed by atoms with Crippen molar-refractivity contribution in [2.75, 3.05) is 93.8 Å². The first kappa shape index (κ1) is 27.9. The van der Waals surface area contributed by atoms with E-state index in [-0.39, 0.29) is 24.0 Å². The van der Waals surface area contributed by atoms with Crippen molar-refractivity contribution in [2.24, 2.45) is 4.99 Å². The number of halogens is 1. The largest absolute Gasteiger partial charge is 0.497 e. The van der Waals surface area contributed by atoms with Crippen LogP contribution in [-0.2, 0) is 6.54 Å². The average Bonchev–Trinajstić information content (AvgIpc) is 3.03. The zero-order valence-corrected chi connectivity index (χ0v) is 23.2. The fraction of sp³-hybridized carbons (Fsp3) is 0.708. The summed E-state index contributed by atoms with van der Waals surface area (Å²) in [5.41, 5.74) is 1.17. The van der Waals surface area contributed by atoms with Crippen LogP contribution in [0.1, 0.15) is 18.4 Å². The molecule has 2 heterocycles. The van der Waals surface area contributed by atoms with E-state index in [1.54, 1.807) is 14.2 Å². The van der Waals surface area contributed by atoms with Gasteiger partial charge in [-0.2, -0.15) is 0 Å². The topological polar surface area (TPSA) is 55.8 Å². The summed E-state index contributed by atoms with van der Waals surface area (Å²) in [6.45, 7) is 11.8. The van der Waals surface area contributed by atoms with E-state index in [0.717, 1.165) is 69.7 Å². The Morgan fingerprint density at radius 1 is 0.970 bits per heavy atom. The maximum absolute atomic E-state index is 5.55. The number of guanidine groups is 1. The van der Waals surface area contributed by atoms with Gasteiger partial charge in [0.15, 0.2) is 5.96 Å². The van der Waals surface area contributed by atoms with Crippen molar-refractivity contribution in [2.45, 2.75) is 19.4 Å². The fourth-order valence-electron chi connectivity index (χ4n) is 4.52. The Kier molecular flexibility index (Phi) is 12.6. The van der Waals surface area contributed by atoms with Crippen molar-refractivity contribution < 1.29 is 9.47 Å². The summed E-state index contributed by atoms with van der Waals surface area (Å²) in [5, 5.41) is 3.58. The monoisotopic (exact) mass is 574 g/mol. The minimum Gasteiger partial charge on any atom is -0.497 e. The van der Waals surface area contributed by atoms with Crippen molar-refractivity contribution >= 4 is 29.9 Å². The molecule has 0 atom stereocenters. The highest BCUT2D eigenvalue weighted by atomic mass is 127. The second kappa shape index (κ2) is 14.9. The molecule has 1 aromatic rings. The molecule has 0 aromatic heterocycles. The van der Waals surface area contributed by atoms with E-state index in [1.807, 2.05) is 19.2 Å². The van der Waals surface area contributed by atoms with Crippen molar-refractivity contribution in [3.05, 3.63) is 23.8 Å². The third kappa shape index (κ3) is 8.77. The van der Waals surface area contributed by atoms with E-state index in [9.17, 15) is 0 Å². The highest BCUT2D eigenvalue weighted by Crippen LogP contribution is 2.25. The molecule has 9 heteroatoms. The van der Waals surface area contributed by atoms with Crippen LogP contribution in [0.25, 0.3) is 0 Å². The van der Waals surface area contributed by atoms with E-state index in [4.69, 9.17) is 9.47 Å². The Balaban J connectivity index is 0.00000385. The molecule has 2 fully saturated rings. The molecule has 188 valence electrons. The summed E-state index contributed by atoms with van der Waals surface area (Å²) >= 11 is 0. The molecule has 0 spiro atoms. The van der Waals surface area contributed by atoms with Gasteiger partial charge < -0.3 is 29.5 Å². The number of hydrogen-bond donors (Lipinski definition) is 1. The molecule has 2 aliphatic rings. The molecule has 0 saturated carbocycles. The number of likely N-dealkylation sites (N-methyl/N-ethyl adjacent to an activating group) is 1. The van der Waals surface area contributed by atoms with Crippen LogP contribution < -0.4 is 14.8 Å². The number of piperazine rings is 1. The van der Waals surface area contributed by atoms with Crippen molar-refractivity contribution in [3.8, 4) is 11.5 Å². The maximum Gasteiger partial charge on any atom is 0.193 e. The summed E-state index contributed by atoms with van der Waals surface area (Å²) in [7, 11) is 7.54. The molecule has 8 nitrogen and oxygen atoms in total. The number of hydrogen-bond acceptors (Lipinski definition) is 6. The van der Waals surface area contributed by atoms with E-state index in [1.165, 1.54) is 38.2 Å². The number of benzene rings is 1. The number of aliphatic imine (C=N–C) groups is 1. The average molecular weight is 575 g/mol. The van der Waals surface area contributed by atoms with Gasteiger partial charge in [0.2, 0.25) is 0 Å². The first-order valence-corrected chi connectivity index (χ1v) is 11.9. The van der Waals surface area contributed by atoms with Gasteiger partial charge in [0, 0.05) is 65.0 Å². The summed E-state index contributed by atoms with van der Waals surface area (Å²) in [4.78, 5) is 14.4. The van der Waals surface area contributed by atoms with Gasteiger partial charge in [-0.15, -0.1) is 24.0 Å². The lowest BCUT2D eigenvalue weighted by molar-refractivity contribution is 0.171. The fourth-order valence-corrected chi connectivity index (χ4v) is 4.52. The standard InChI is InChI=1S/C24H42N6O2.HI/c1-25-24(26-9-5-11-28-12-6-10-27(2)13-14-28)30-17-15-29(16-18-30)20-21-19-22(31-3)7-8-23(21)32-4;/h7-8,19H,5-6,9-18,20H2,1-4H3,(H,25,26);1H. The molecule has 2 saturated heterocycles. The number of methoxy groups -OCH3 is 2. The SMILES string of the molecule is CN=C(NCCCN1CCCN(C)CC1)N1CCN(Cc2cc(OC)ccc2OC)CC1.I. The summed E-state index contributed by atoms with van der Waals surface area (Å²) in [6.07, 6.45) is 2.43. The second-order valence-corrected chi connectivity index (χ2v) is 8.77. The van der Waals surface area contributed by atoms with Crippen LogP contribution in [0.3, 0.4) is 0 Å². The van der Waals surface area contributed by atoms with Crippen LogP contribution in [0, 0.1) is 0 Å². The zero-order chi connectivity index (χ0) is 22.8. The lowest BCUT2D eigenvalue weighted by Crippen LogP contribution is -2.52. The Bertz CT molecular complexity index is 727. The lowest BCUT2D eigenvalue weighted by Gasteiger charge is -2.36. The lowest BCUT2D eigenvalue weighted by atomic mass is 10.1. The molecule has 1 aromatic carbocycles. The highest BCUT2D eigenvalue weighted by Gasteiger charge is 2.21. The van der Waals surface area contributed by atoms with Crippen LogP contribution >= 0.6 is 24.0 Å². The highest BCUT2D eigenvalue weighted by molar-refractivity contribution is 14.0. The van der Waals surface area contributed by atoms with Gasteiger partial charge in [-0.1, -0.05) is 0 Å². The van der Waals surface area contributed by atoms with Crippen molar-refractivity contribution in [1.82, 2.24) is 24.9 Å². The minimum absolute atomic E-state index is 0. The molecule has 0 radical (unpaired) electrons. The molecule has 0 amide bonds. The number of nitrogens with one attached hydrogen (secondary N) is 1. The van der Waals surface area contributed by atoms with E-state index >= 15 is 0 Å². The zero-order valence-electron chi connectivity index (χ0n) is 20.9. The first-order chi connectivity index (χ1) is 15.6. The molecule has 33 heavy (non-hydrogen) atoms. The molecule has 0 unspecified atom stereocenters. The van der Waals surface area contributed by atoms with Gasteiger partial charge in [0.1, 0.15) is 11.5 Å². The summed E-state index contributed by atoms with van der Waals surface area (Å²) in [5.74, 6) is 2.82. The van der Waals surface area contributed by atoms with Gasteiger partial charge in [-0.3, -0.25) is 9.89 Å². The van der Waals surface area contributed by atoms with E-state index < -0.39 is 0 Å². The third-order valence-corrected chi connectivity index (χ3v) is 6.51. The second-order valence-electron chi connectivity index (χ2n) is 8.77. The molecule has 3 rings (SSSR count). The van der Waals surface area contributed by atoms with Crippen LogP contribution in [0.2, 0.25) is 0 Å². The van der Waals surface area contributed by atoms with Gasteiger partial charge in [0.25, 0.3) is 0 Å². The molecule has 0 aliphatic carbocycles. The smallest absolute Gasteiger partial charge is 0.193 e. The summed E-state index contributed by atoms with van der Waals surface area (Å²) < 4.78 is 10.9. The summed E-state index contributed by atoms with van der Waals surface area (Å²) in [6, 6.07) is 6.01. The van der Waals surface area contributed by atoms with Crippen LogP contribution in [0.15, 0.2) is 23.2 Å². The molecular formula is C24H43IN6O2. The van der Waals surface area contributed by atoms with Gasteiger partial charge in [-0.25, -0.2) is 0 Å². The van der Waals surface area contributed by atoms with Crippen LogP contribution in [0.4, 0.5) is 0 Å². The Morgan fingerprint density at radius 2 is 1.73 bits per heavy atom. The quantitative estimate of drug-likeness (QED) is 0.221. The van der Waals surface area contributed by atoms with Crippen LogP contribution in [-0.4, -0.2) is 119 Å². The third-order valence-electron chi connectivity index (χ3n) is 6.51. The van der Waals surface area contributed by atoms with Gasteiger partial charge in [0.05, 0.1) is 14.2 Å². The van der Waals surface area contributed by atoms with E-state index in [2.05, 4.69) is 43.0 Å². The predicted molar refractivity (Wildman–Crippen MR) is 146 cm³/mol. The molecule has 1 N–H and O–H groups in total. The Hall–Kier alpha value is -1.30. The first-order valence-electron chi connectivity index (χ1n) is 11.9.